The van der Waals surface area contributed by atoms with Crippen LogP contribution in [0.25, 0.3) is 11.0 Å². The van der Waals surface area contributed by atoms with Crippen LogP contribution in [0.5, 0.6) is 5.75 Å². The first kappa shape index (κ1) is 20.9. The topological polar surface area (TPSA) is 94.5 Å². The second kappa shape index (κ2) is 9.18. The van der Waals surface area contributed by atoms with Gasteiger partial charge in [-0.3, -0.25) is 9.59 Å². The number of amides is 2. The fourth-order valence-electron chi connectivity index (χ4n) is 3.83. The molecule has 4 rings (SSSR count). The molecule has 2 heterocycles. The van der Waals surface area contributed by atoms with Crippen molar-refractivity contribution in [2.75, 3.05) is 19.0 Å². The summed E-state index contributed by atoms with van der Waals surface area (Å²) in [5, 5.41) is 5.88. The van der Waals surface area contributed by atoms with Crippen molar-refractivity contribution >= 4 is 28.5 Å². The molecule has 3 aromatic rings. The van der Waals surface area contributed by atoms with E-state index in [4.69, 9.17) is 9.47 Å². The summed E-state index contributed by atoms with van der Waals surface area (Å²) in [7, 11) is 1.56. The Morgan fingerprint density at radius 1 is 1.23 bits per heavy atom. The zero-order valence-electron chi connectivity index (χ0n) is 17.6. The van der Waals surface area contributed by atoms with Gasteiger partial charge in [0.15, 0.2) is 0 Å². The Kier molecular flexibility index (Phi) is 6.18. The summed E-state index contributed by atoms with van der Waals surface area (Å²) in [5.74, 6) is 0.833. The number of methoxy groups -OCH3 is 1. The highest BCUT2D eigenvalue weighted by Gasteiger charge is 2.27. The van der Waals surface area contributed by atoms with Crippen molar-refractivity contribution in [2.45, 2.75) is 38.5 Å². The fourth-order valence-corrected chi connectivity index (χ4v) is 3.83. The van der Waals surface area contributed by atoms with Crippen molar-refractivity contribution in [3.8, 4) is 5.75 Å². The Morgan fingerprint density at radius 3 is 2.77 bits per heavy atom. The summed E-state index contributed by atoms with van der Waals surface area (Å²) in [4.78, 5) is 30.1. The summed E-state index contributed by atoms with van der Waals surface area (Å²) >= 11 is 0. The monoisotopic (exact) mass is 422 g/mol. The third-order valence-corrected chi connectivity index (χ3v) is 5.34. The summed E-state index contributed by atoms with van der Waals surface area (Å²) < 4.78 is 12.6. The SMILES string of the molecule is COc1ccccc1NC(=O)Cn1c(C(C)NC(=O)C2CCCO2)nc2ccccc21. The van der Waals surface area contributed by atoms with E-state index < -0.39 is 6.10 Å². The van der Waals surface area contributed by atoms with Gasteiger partial charge in [-0.25, -0.2) is 4.98 Å². The minimum absolute atomic E-state index is 0.0496. The molecular formula is C23H26N4O4. The molecule has 2 N–H and O–H groups in total. The first-order valence-electron chi connectivity index (χ1n) is 10.4. The van der Waals surface area contributed by atoms with E-state index in [1.54, 1.807) is 19.2 Å². The lowest BCUT2D eigenvalue weighted by atomic mass is 10.2. The number of rotatable bonds is 7. The van der Waals surface area contributed by atoms with Crippen molar-refractivity contribution in [3.63, 3.8) is 0 Å². The van der Waals surface area contributed by atoms with E-state index in [-0.39, 0.29) is 24.4 Å². The summed E-state index contributed by atoms with van der Waals surface area (Å²) in [6.45, 7) is 2.52. The molecule has 1 aromatic heterocycles. The van der Waals surface area contributed by atoms with Crippen molar-refractivity contribution in [1.82, 2.24) is 14.9 Å². The van der Waals surface area contributed by atoms with Gasteiger partial charge in [0.2, 0.25) is 11.8 Å². The number of benzene rings is 2. The number of carbonyl (C=O) groups is 2. The van der Waals surface area contributed by atoms with E-state index in [0.29, 0.717) is 23.9 Å². The molecule has 1 fully saturated rings. The van der Waals surface area contributed by atoms with Gasteiger partial charge in [0.05, 0.1) is 29.9 Å². The lowest BCUT2D eigenvalue weighted by Gasteiger charge is -2.18. The van der Waals surface area contributed by atoms with Crippen LogP contribution in [0.15, 0.2) is 48.5 Å². The Labute approximate surface area is 180 Å². The lowest BCUT2D eigenvalue weighted by molar-refractivity contribution is -0.130. The van der Waals surface area contributed by atoms with Crippen molar-refractivity contribution in [2.24, 2.45) is 0 Å². The Morgan fingerprint density at radius 2 is 2.00 bits per heavy atom. The summed E-state index contributed by atoms with van der Waals surface area (Å²) in [6.07, 6.45) is 1.18. The van der Waals surface area contributed by atoms with Crippen LogP contribution in [-0.2, 0) is 20.9 Å². The predicted octanol–water partition coefficient (Wildman–Crippen LogP) is 3.04. The molecule has 2 aromatic carbocycles. The number of imidazole rings is 1. The van der Waals surface area contributed by atoms with Crippen molar-refractivity contribution < 1.29 is 19.1 Å². The van der Waals surface area contributed by atoms with E-state index in [2.05, 4.69) is 15.6 Å². The Balaban J connectivity index is 1.57. The first-order chi connectivity index (χ1) is 15.1. The highest BCUT2D eigenvalue weighted by Crippen LogP contribution is 2.25. The van der Waals surface area contributed by atoms with E-state index in [9.17, 15) is 9.59 Å². The van der Waals surface area contributed by atoms with E-state index in [0.717, 1.165) is 23.9 Å². The second-order valence-corrected chi connectivity index (χ2v) is 7.53. The minimum atomic E-state index is -0.422. The van der Waals surface area contributed by atoms with Crippen LogP contribution in [-0.4, -0.2) is 41.2 Å². The molecule has 31 heavy (non-hydrogen) atoms. The predicted molar refractivity (Wildman–Crippen MR) is 117 cm³/mol. The quantitative estimate of drug-likeness (QED) is 0.610. The van der Waals surface area contributed by atoms with E-state index >= 15 is 0 Å². The molecular weight excluding hydrogens is 396 g/mol. The smallest absolute Gasteiger partial charge is 0.249 e. The maximum atomic E-state index is 12.9. The number of nitrogens with zero attached hydrogens (tertiary/aromatic N) is 2. The van der Waals surface area contributed by atoms with Gasteiger partial charge in [0.1, 0.15) is 24.2 Å². The number of fused-ring (bicyclic) bond motifs is 1. The van der Waals surface area contributed by atoms with Crippen LogP contribution in [0, 0.1) is 0 Å². The Bertz CT molecular complexity index is 1090. The van der Waals surface area contributed by atoms with Crippen LogP contribution in [0.3, 0.4) is 0 Å². The van der Waals surface area contributed by atoms with Gasteiger partial charge in [-0.05, 0) is 44.0 Å². The zero-order valence-corrected chi connectivity index (χ0v) is 17.6. The van der Waals surface area contributed by atoms with Crippen LogP contribution in [0.1, 0.15) is 31.6 Å². The number of hydrogen-bond donors (Lipinski definition) is 2. The van der Waals surface area contributed by atoms with Crippen LogP contribution >= 0.6 is 0 Å². The highest BCUT2D eigenvalue weighted by molar-refractivity contribution is 5.93. The van der Waals surface area contributed by atoms with Crippen molar-refractivity contribution in [1.29, 1.82) is 0 Å². The molecule has 0 saturated carbocycles. The highest BCUT2D eigenvalue weighted by atomic mass is 16.5. The average molecular weight is 422 g/mol. The van der Waals surface area contributed by atoms with Crippen LogP contribution in [0.2, 0.25) is 0 Å². The van der Waals surface area contributed by atoms with Gasteiger partial charge in [-0.15, -0.1) is 0 Å². The molecule has 2 amide bonds. The van der Waals surface area contributed by atoms with Gasteiger partial charge < -0.3 is 24.7 Å². The number of hydrogen-bond acceptors (Lipinski definition) is 5. The molecule has 2 unspecified atom stereocenters. The van der Waals surface area contributed by atoms with Gasteiger partial charge in [0, 0.05) is 6.61 Å². The molecule has 162 valence electrons. The van der Waals surface area contributed by atoms with Gasteiger partial charge in [-0.1, -0.05) is 24.3 Å². The largest absolute Gasteiger partial charge is 0.495 e. The van der Waals surface area contributed by atoms with Gasteiger partial charge in [-0.2, -0.15) is 0 Å². The molecule has 8 heteroatoms. The normalized spacial score (nSPS) is 16.8. The number of aromatic nitrogens is 2. The maximum absolute atomic E-state index is 12.9. The molecule has 0 spiro atoms. The third-order valence-electron chi connectivity index (χ3n) is 5.34. The second-order valence-electron chi connectivity index (χ2n) is 7.53. The molecule has 8 nitrogen and oxygen atoms in total. The fraction of sp³-hybridized carbons (Fsp3) is 0.348. The molecule has 0 aliphatic carbocycles. The maximum Gasteiger partial charge on any atom is 0.249 e. The third kappa shape index (κ3) is 4.54. The van der Waals surface area contributed by atoms with Crippen molar-refractivity contribution in [3.05, 3.63) is 54.4 Å². The Hall–Kier alpha value is -3.39. The van der Waals surface area contributed by atoms with E-state index in [1.165, 1.54) is 0 Å². The first-order valence-corrected chi connectivity index (χ1v) is 10.4. The number of ether oxygens (including phenoxy) is 2. The average Bonchev–Trinajstić information content (AvgIpc) is 3.43. The number of anilines is 1. The zero-order chi connectivity index (χ0) is 21.8. The summed E-state index contributed by atoms with van der Waals surface area (Å²) in [6, 6.07) is 14.5. The molecule has 0 radical (unpaired) electrons. The minimum Gasteiger partial charge on any atom is -0.495 e. The summed E-state index contributed by atoms with van der Waals surface area (Å²) in [5.41, 5.74) is 2.19. The van der Waals surface area contributed by atoms with Crippen LogP contribution in [0.4, 0.5) is 5.69 Å². The number of nitrogens with one attached hydrogen (secondary N) is 2. The van der Waals surface area contributed by atoms with Gasteiger partial charge in [0.25, 0.3) is 0 Å². The number of carbonyl (C=O) groups excluding carboxylic acids is 2. The van der Waals surface area contributed by atoms with Gasteiger partial charge >= 0.3 is 0 Å². The lowest BCUT2D eigenvalue weighted by Crippen LogP contribution is -2.37. The molecule has 2 atom stereocenters. The van der Waals surface area contributed by atoms with E-state index in [1.807, 2.05) is 47.9 Å². The molecule has 1 saturated heterocycles. The number of para-hydroxylation sites is 4. The molecule has 1 aliphatic heterocycles. The molecule has 1 aliphatic rings. The molecule has 0 bridgehead atoms. The standard InChI is InChI=1S/C23H26N4O4/c1-15(24-23(29)20-12-7-13-31-20)22-26-16-8-3-5-10-18(16)27(22)14-21(28)25-17-9-4-6-11-19(17)30-2/h3-6,8-11,15,20H,7,12-14H2,1-2H3,(H,24,29)(H,25,28). The van der Waals surface area contributed by atoms with Crippen LogP contribution < -0.4 is 15.4 Å².